The van der Waals surface area contributed by atoms with E-state index in [1.807, 2.05) is 47.8 Å². The van der Waals surface area contributed by atoms with Crippen molar-refractivity contribution in [2.75, 3.05) is 0 Å². The minimum atomic E-state index is -3.33. The molecule has 0 heterocycles. The van der Waals surface area contributed by atoms with Crippen LogP contribution in [-0.2, 0) is 9.59 Å². The molecule has 1 unspecified atom stereocenters. The fourth-order valence-electron chi connectivity index (χ4n) is 2.45. The van der Waals surface area contributed by atoms with Gasteiger partial charge < -0.3 is 10.4 Å². The molecule has 148 valence electrons. The molecule has 0 saturated heterocycles. The third-order valence-corrected chi connectivity index (χ3v) is 4.13. The standard InChI is InChI=1S/C20H20F2N2O4/c1-20(27,19(21)22)17(18(26)24-28)23-16(25)12-9-13-7-10-15(11-8-13)14-5-3-2-4-6-14/h2-12,17,19,27-28H,1H3,(H,23,25)(H,24,26)/b12-9+/t17-,20?/m1/s1. The van der Waals surface area contributed by atoms with Gasteiger partial charge in [0.2, 0.25) is 5.91 Å². The molecule has 2 aromatic rings. The molecule has 2 aromatic carbocycles. The summed E-state index contributed by atoms with van der Waals surface area (Å²) in [5.41, 5.74) is 0.966. The lowest BCUT2D eigenvalue weighted by atomic mass is 9.96. The number of carbonyl (C=O) groups excluding carboxylic acids is 2. The fraction of sp³-hybridized carbons (Fsp3) is 0.200. The molecule has 6 nitrogen and oxygen atoms in total. The number of amides is 2. The summed E-state index contributed by atoms with van der Waals surface area (Å²) in [7, 11) is 0. The lowest BCUT2D eigenvalue weighted by molar-refractivity contribution is -0.153. The Morgan fingerprint density at radius 1 is 1.04 bits per heavy atom. The van der Waals surface area contributed by atoms with E-state index < -0.39 is 29.9 Å². The van der Waals surface area contributed by atoms with Crippen molar-refractivity contribution in [3.05, 3.63) is 66.2 Å². The van der Waals surface area contributed by atoms with Crippen LogP contribution >= 0.6 is 0 Å². The van der Waals surface area contributed by atoms with Gasteiger partial charge >= 0.3 is 0 Å². The molecule has 0 aliphatic rings. The van der Waals surface area contributed by atoms with Gasteiger partial charge in [0.25, 0.3) is 12.3 Å². The van der Waals surface area contributed by atoms with Crippen LogP contribution in [0.5, 0.6) is 0 Å². The molecule has 2 amide bonds. The zero-order valence-corrected chi connectivity index (χ0v) is 15.0. The van der Waals surface area contributed by atoms with Crippen molar-refractivity contribution >= 4 is 17.9 Å². The number of hydrogen-bond acceptors (Lipinski definition) is 4. The molecular formula is C20H20F2N2O4. The summed E-state index contributed by atoms with van der Waals surface area (Å²) in [6, 6.07) is 14.9. The Kier molecular flexibility index (Phi) is 6.97. The van der Waals surface area contributed by atoms with Crippen LogP contribution in [0.15, 0.2) is 60.7 Å². The van der Waals surface area contributed by atoms with Gasteiger partial charge in [-0.3, -0.25) is 14.8 Å². The number of hydrogen-bond donors (Lipinski definition) is 4. The Balaban J connectivity index is 2.08. The van der Waals surface area contributed by atoms with Crippen LogP contribution in [0.2, 0.25) is 0 Å². The zero-order valence-electron chi connectivity index (χ0n) is 15.0. The second-order valence-electron chi connectivity index (χ2n) is 6.27. The van der Waals surface area contributed by atoms with Crippen LogP contribution in [-0.4, -0.2) is 40.2 Å². The van der Waals surface area contributed by atoms with Crippen molar-refractivity contribution in [1.82, 2.24) is 10.8 Å². The summed E-state index contributed by atoms with van der Waals surface area (Å²) < 4.78 is 25.9. The molecule has 0 fully saturated rings. The first-order chi connectivity index (χ1) is 13.3. The maximum Gasteiger partial charge on any atom is 0.269 e. The van der Waals surface area contributed by atoms with Gasteiger partial charge in [0.15, 0.2) is 5.60 Å². The molecule has 28 heavy (non-hydrogen) atoms. The van der Waals surface area contributed by atoms with Crippen molar-refractivity contribution < 1.29 is 28.7 Å². The monoisotopic (exact) mass is 390 g/mol. The largest absolute Gasteiger partial charge is 0.381 e. The van der Waals surface area contributed by atoms with Gasteiger partial charge in [-0.25, -0.2) is 14.3 Å². The van der Waals surface area contributed by atoms with E-state index in [0.29, 0.717) is 12.5 Å². The number of hydroxylamine groups is 1. The van der Waals surface area contributed by atoms with Crippen molar-refractivity contribution in [2.24, 2.45) is 0 Å². The minimum absolute atomic E-state index is 0.665. The molecule has 0 spiro atoms. The first-order valence-electron chi connectivity index (χ1n) is 8.34. The molecule has 0 saturated carbocycles. The molecule has 2 rings (SSSR count). The summed E-state index contributed by atoms with van der Waals surface area (Å²) in [6.07, 6.45) is -0.865. The van der Waals surface area contributed by atoms with E-state index in [2.05, 4.69) is 0 Å². The maximum atomic E-state index is 13.0. The molecule has 0 radical (unpaired) electrons. The Morgan fingerprint density at radius 3 is 2.14 bits per heavy atom. The number of benzene rings is 2. The lowest BCUT2D eigenvalue weighted by Crippen LogP contribution is -2.61. The van der Waals surface area contributed by atoms with Gasteiger partial charge in [-0.15, -0.1) is 0 Å². The smallest absolute Gasteiger partial charge is 0.269 e. The predicted octanol–water partition coefficient (Wildman–Crippen LogP) is 2.37. The number of alkyl halides is 2. The Morgan fingerprint density at radius 2 is 1.61 bits per heavy atom. The number of halogens is 2. The van der Waals surface area contributed by atoms with Crippen LogP contribution in [0.1, 0.15) is 12.5 Å². The normalized spacial score (nSPS) is 14.5. The van der Waals surface area contributed by atoms with E-state index in [4.69, 9.17) is 5.21 Å². The summed E-state index contributed by atoms with van der Waals surface area (Å²) >= 11 is 0. The molecule has 0 bridgehead atoms. The number of rotatable bonds is 7. The van der Waals surface area contributed by atoms with Crippen LogP contribution in [0.3, 0.4) is 0 Å². The van der Waals surface area contributed by atoms with Crippen molar-refractivity contribution in [3.8, 4) is 11.1 Å². The van der Waals surface area contributed by atoms with Crippen molar-refractivity contribution in [2.45, 2.75) is 25.0 Å². The minimum Gasteiger partial charge on any atom is -0.381 e. The van der Waals surface area contributed by atoms with Gasteiger partial charge in [0, 0.05) is 6.08 Å². The number of aliphatic hydroxyl groups is 1. The van der Waals surface area contributed by atoms with E-state index in [0.717, 1.165) is 22.7 Å². The van der Waals surface area contributed by atoms with Crippen LogP contribution in [0, 0.1) is 0 Å². The SMILES string of the molecule is CC(O)(C(F)F)[C@H](NC(=O)/C=C/c1ccc(-c2ccccc2)cc1)C(=O)NO. The van der Waals surface area contributed by atoms with Gasteiger partial charge in [-0.05, 0) is 29.7 Å². The van der Waals surface area contributed by atoms with E-state index in [-0.39, 0.29) is 0 Å². The second kappa shape index (κ2) is 9.20. The third-order valence-electron chi connectivity index (χ3n) is 4.13. The average Bonchev–Trinajstić information content (AvgIpc) is 2.70. The van der Waals surface area contributed by atoms with Crippen molar-refractivity contribution in [1.29, 1.82) is 0 Å². The third kappa shape index (κ3) is 5.21. The highest BCUT2D eigenvalue weighted by atomic mass is 19.3. The van der Waals surface area contributed by atoms with Gasteiger partial charge in [0.05, 0.1) is 0 Å². The maximum absolute atomic E-state index is 13.0. The summed E-state index contributed by atoms with van der Waals surface area (Å²) in [5.74, 6) is -2.25. The highest BCUT2D eigenvalue weighted by molar-refractivity contribution is 5.95. The topological polar surface area (TPSA) is 98.7 Å². The van der Waals surface area contributed by atoms with Crippen molar-refractivity contribution in [3.63, 3.8) is 0 Å². The molecule has 8 heteroatoms. The summed E-state index contributed by atoms with van der Waals surface area (Å²) in [4.78, 5) is 23.5. The lowest BCUT2D eigenvalue weighted by Gasteiger charge is -2.30. The Labute approximate surface area is 160 Å². The van der Waals surface area contributed by atoms with Crippen LogP contribution in [0.4, 0.5) is 8.78 Å². The summed E-state index contributed by atoms with van der Waals surface area (Å²) in [6.45, 7) is 0.684. The first kappa shape index (κ1) is 21.2. The Hall–Kier alpha value is -3.10. The quantitative estimate of drug-likeness (QED) is 0.331. The fourth-order valence-corrected chi connectivity index (χ4v) is 2.45. The van der Waals surface area contributed by atoms with E-state index in [1.165, 1.54) is 6.08 Å². The second-order valence-corrected chi connectivity index (χ2v) is 6.27. The molecule has 2 atom stereocenters. The zero-order chi connectivity index (χ0) is 20.7. The van der Waals surface area contributed by atoms with Gasteiger partial charge in [-0.1, -0.05) is 54.6 Å². The first-order valence-corrected chi connectivity index (χ1v) is 8.34. The van der Waals surface area contributed by atoms with E-state index >= 15 is 0 Å². The predicted molar refractivity (Wildman–Crippen MR) is 99.4 cm³/mol. The number of carbonyl (C=O) groups is 2. The van der Waals surface area contributed by atoms with E-state index in [9.17, 15) is 23.5 Å². The van der Waals surface area contributed by atoms with Crippen LogP contribution in [0.25, 0.3) is 17.2 Å². The molecule has 0 aliphatic carbocycles. The van der Waals surface area contributed by atoms with Gasteiger partial charge in [-0.2, -0.15) is 0 Å². The molecule has 4 N–H and O–H groups in total. The molecule has 0 aliphatic heterocycles. The average molecular weight is 390 g/mol. The number of nitrogens with one attached hydrogen (secondary N) is 2. The molecule has 0 aromatic heterocycles. The van der Waals surface area contributed by atoms with Crippen LogP contribution < -0.4 is 10.8 Å². The van der Waals surface area contributed by atoms with Gasteiger partial charge in [0.1, 0.15) is 6.04 Å². The van der Waals surface area contributed by atoms with E-state index in [1.54, 1.807) is 12.1 Å². The summed E-state index contributed by atoms with van der Waals surface area (Å²) in [5, 5.41) is 20.4. The highest BCUT2D eigenvalue weighted by Crippen LogP contribution is 2.21. The highest BCUT2D eigenvalue weighted by Gasteiger charge is 2.45. The molecular weight excluding hydrogens is 370 g/mol. The Bertz CT molecular complexity index is 837.